The SMILES string of the molecule is O=C(O)c1sc2cc3c(cc2c1C1CC1)OCCCO3. The van der Waals surface area contributed by atoms with Crippen LogP contribution in [0.5, 0.6) is 11.5 Å². The van der Waals surface area contributed by atoms with Gasteiger partial charge in [-0.3, -0.25) is 0 Å². The van der Waals surface area contributed by atoms with Crippen molar-refractivity contribution in [3.8, 4) is 11.5 Å². The lowest BCUT2D eigenvalue weighted by Crippen LogP contribution is -1.97. The van der Waals surface area contributed by atoms with Crippen LogP contribution in [0.15, 0.2) is 12.1 Å². The van der Waals surface area contributed by atoms with Crippen LogP contribution in [-0.4, -0.2) is 24.3 Å². The van der Waals surface area contributed by atoms with Gasteiger partial charge >= 0.3 is 5.97 Å². The fourth-order valence-corrected chi connectivity index (χ4v) is 3.85. The molecule has 0 unspecified atom stereocenters. The second kappa shape index (κ2) is 4.38. The number of thiophene rings is 1. The van der Waals surface area contributed by atoms with Crippen LogP contribution in [-0.2, 0) is 0 Å². The molecule has 1 saturated carbocycles. The van der Waals surface area contributed by atoms with E-state index >= 15 is 0 Å². The minimum atomic E-state index is -0.829. The molecule has 1 aliphatic heterocycles. The molecule has 1 aromatic heterocycles. The molecular formula is C15H14O4S. The molecule has 0 bridgehead atoms. The zero-order chi connectivity index (χ0) is 13.7. The summed E-state index contributed by atoms with van der Waals surface area (Å²) in [6, 6.07) is 3.89. The topological polar surface area (TPSA) is 55.8 Å². The third-order valence-electron chi connectivity index (χ3n) is 3.78. The Hall–Kier alpha value is -1.75. The molecule has 0 spiro atoms. The maximum atomic E-state index is 11.4. The molecule has 0 saturated heterocycles. The lowest BCUT2D eigenvalue weighted by Gasteiger charge is -2.07. The molecule has 4 rings (SSSR count). The molecule has 1 aromatic carbocycles. The van der Waals surface area contributed by atoms with E-state index in [1.165, 1.54) is 11.3 Å². The van der Waals surface area contributed by atoms with Crippen LogP contribution in [0.2, 0.25) is 0 Å². The van der Waals surface area contributed by atoms with E-state index < -0.39 is 5.97 Å². The maximum Gasteiger partial charge on any atom is 0.346 e. The first-order valence-electron chi connectivity index (χ1n) is 6.83. The maximum absolute atomic E-state index is 11.4. The average molecular weight is 290 g/mol. The minimum absolute atomic E-state index is 0.402. The number of hydrogen-bond donors (Lipinski definition) is 1. The molecule has 2 aliphatic rings. The Labute approximate surface area is 119 Å². The number of benzene rings is 1. The van der Waals surface area contributed by atoms with Crippen molar-refractivity contribution < 1.29 is 19.4 Å². The molecule has 2 aromatic rings. The smallest absolute Gasteiger partial charge is 0.346 e. The number of ether oxygens (including phenoxy) is 2. The van der Waals surface area contributed by atoms with Gasteiger partial charge in [0.1, 0.15) is 4.88 Å². The van der Waals surface area contributed by atoms with Crippen molar-refractivity contribution in [1.29, 1.82) is 0 Å². The Morgan fingerprint density at radius 2 is 1.90 bits per heavy atom. The summed E-state index contributed by atoms with van der Waals surface area (Å²) in [4.78, 5) is 11.9. The number of carboxylic acid groups (broad SMARTS) is 1. The first kappa shape index (κ1) is 12.0. The second-order valence-corrected chi connectivity index (χ2v) is 6.32. The van der Waals surface area contributed by atoms with E-state index in [1.54, 1.807) is 0 Å². The molecule has 0 radical (unpaired) electrons. The lowest BCUT2D eigenvalue weighted by atomic mass is 10.1. The Kier molecular flexibility index (Phi) is 2.63. The van der Waals surface area contributed by atoms with E-state index in [2.05, 4.69) is 0 Å². The van der Waals surface area contributed by atoms with E-state index in [0.29, 0.717) is 24.0 Å². The highest BCUT2D eigenvalue weighted by molar-refractivity contribution is 7.21. The lowest BCUT2D eigenvalue weighted by molar-refractivity contribution is 0.0701. The summed E-state index contributed by atoms with van der Waals surface area (Å²) < 4.78 is 12.4. The number of hydrogen-bond acceptors (Lipinski definition) is 4. The van der Waals surface area contributed by atoms with E-state index in [4.69, 9.17) is 9.47 Å². The molecule has 5 heteroatoms. The monoisotopic (exact) mass is 290 g/mol. The fraction of sp³-hybridized carbons (Fsp3) is 0.400. The largest absolute Gasteiger partial charge is 0.490 e. The first-order valence-corrected chi connectivity index (χ1v) is 7.65. The predicted molar refractivity (Wildman–Crippen MR) is 76.4 cm³/mol. The highest BCUT2D eigenvalue weighted by Crippen LogP contribution is 2.50. The van der Waals surface area contributed by atoms with Gasteiger partial charge in [-0.25, -0.2) is 4.79 Å². The highest BCUT2D eigenvalue weighted by Gasteiger charge is 2.32. The summed E-state index contributed by atoms with van der Waals surface area (Å²) in [6.45, 7) is 1.29. The van der Waals surface area contributed by atoms with Gasteiger partial charge in [0.15, 0.2) is 11.5 Å². The van der Waals surface area contributed by atoms with Crippen molar-refractivity contribution in [1.82, 2.24) is 0 Å². The number of fused-ring (bicyclic) bond motifs is 2. The van der Waals surface area contributed by atoms with Gasteiger partial charge in [0.25, 0.3) is 0 Å². The molecular weight excluding hydrogens is 276 g/mol. The van der Waals surface area contributed by atoms with Crippen molar-refractivity contribution in [3.63, 3.8) is 0 Å². The van der Waals surface area contributed by atoms with E-state index in [-0.39, 0.29) is 0 Å². The van der Waals surface area contributed by atoms with Gasteiger partial charge in [-0.2, -0.15) is 0 Å². The molecule has 4 nitrogen and oxygen atoms in total. The number of rotatable bonds is 2. The zero-order valence-electron chi connectivity index (χ0n) is 10.8. The number of carbonyl (C=O) groups is 1. The van der Waals surface area contributed by atoms with Crippen LogP contribution < -0.4 is 9.47 Å². The number of carboxylic acids is 1. The van der Waals surface area contributed by atoms with Crippen LogP contribution in [0.4, 0.5) is 0 Å². The minimum Gasteiger partial charge on any atom is -0.490 e. The highest BCUT2D eigenvalue weighted by atomic mass is 32.1. The molecule has 0 atom stereocenters. The van der Waals surface area contributed by atoms with Gasteiger partial charge in [0, 0.05) is 22.6 Å². The molecule has 0 amide bonds. The Morgan fingerprint density at radius 3 is 2.55 bits per heavy atom. The normalized spacial score (nSPS) is 18.0. The Balaban J connectivity index is 1.95. The molecule has 104 valence electrons. The zero-order valence-corrected chi connectivity index (χ0v) is 11.7. The van der Waals surface area contributed by atoms with Gasteiger partial charge in [0.05, 0.1) is 13.2 Å². The third-order valence-corrected chi connectivity index (χ3v) is 4.93. The summed E-state index contributed by atoms with van der Waals surface area (Å²) >= 11 is 1.34. The van der Waals surface area contributed by atoms with Crippen molar-refractivity contribution in [3.05, 3.63) is 22.6 Å². The Bertz CT molecular complexity index is 699. The van der Waals surface area contributed by atoms with Crippen LogP contribution >= 0.6 is 11.3 Å². The summed E-state index contributed by atoms with van der Waals surface area (Å²) in [5.41, 5.74) is 0.994. The van der Waals surface area contributed by atoms with Gasteiger partial charge < -0.3 is 14.6 Å². The van der Waals surface area contributed by atoms with Crippen LogP contribution in [0, 0.1) is 0 Å². The first-order chi connectivity index (χ1) is 9.74. The van der Waals surface area contributed by atoms with E-state index in [9.17, 15) is 9.90 Å². The third kappa shape index (κ3) is 1.85. The summed E-state index contributed by atoms with van der Waals surface area (Å²) in [7, 11) is 0. The van der Waals surface area contributed by atoms with Gasteiger partial charge in [-0.15, -0.1) is 11.3 Å². The van der Waals surface area contributed by atoms with Crippen LogP contribution in [0.25, 0.3) is 10.1 Å². The van der Waals surface area contributed by atoms with E-state index in [1.807, 2.05) is 12.1 Å². The van der Waals surface area contributed by atoms with E-state index in [0.717, 1.165) is 46.4 Å². The predicted octanol–water partition coefficient (Wildman–Crippen LogP) is 3.64. The summed E-state index contributed by atoms with van der Waals surface area (Å²) in [5.74, 6) is 1.05. The standard InChI is InChI=1S/C15H14O4S/c16-15(17)14-13(8-2-3-8)9-6-10-11(7-12(9)20-14)19-5-1-4-18-10/h6-8H,1-5H2,(H,16,17). The van der Waals surface area contributed by atoms with Crippen LogP contribution in [0.3, 0.4) is 0 Å². The van der Waals surface area contributed by atoms with Crippen molar-refractivity contribution >= 4 is 27.4 Å². The summed E-state index contributed by atoms with van der Waals surface area (Å²) in [5, 5.41) is 10.4. The molecule has 1 aliphatic carbocycles. The molecule has 1 N–H and O–H groups in total. The summed E-state index contributed by atoms with van der Waals surface area (Å²) in [6.07, 6.45) is 3.04. The van der Waals surface area contributed by atoms with Gasteiger partial charge in [0.2, 0.25) is 0 Å². The molecule has 1 fully saturated rings. The second-order valence-electron chi connectivity index (χ2n) is 5.27. The van der Waals surface area contributed by atoms with Crippen molar-refractivity contribution in [2.45, 2.75) is 25.2 Å². The van der Waals surface area contributed by atoms with Gasteiger partial charge in [-0.05, 0) is 30.4 Å². The van der Waals surface area contributed by atoms with Crippen LogP contribution in [0.1, 0.15) is 40.4 Å². The van der Waals surface area contributed by atoms with Crippen molar-refractivity contribution in [2.75, 3.05) is 13.2 Å². The Morgan fingerprint density at radius 1 is 1.20 bits per heavy atom. The van der Waals surface area contributed by atoms with Gasteiger partial charge in [-0.1, -0.05) is 0 Å². The fourth-order valence-electron chi connectivity index (χ4n) is 2.71. The number of aromatic carboxylic acids is 1. The average Bonchev–Trinajstić information content (AvgIpc) is 3.21. The molecule has 2 heterocycles. The quantitative estimate of drug-likeness (QED) is 0.917. The van der Waals surface area contributed by atoms with Crippen molar-refractivity contribution in [2.24, 2.45) is 0 Å². The molecule has 20 heavy (non-hydrogen) atoms.